The van der Waals surface area contributed by atoms with Gasteiger partial charge in [0.2, 0.25) is 5.91 Å². The summed E-state index contributed by atoms with van der Waals surface area (Å²) in [6.07, 6.45) is 10.6. The highest BCUT2D eigenvalue weighted by Gasteiger charge is 2.37. The first-order valence-corrected chi connectivity index (χ1v) is 9.98. The molecule has 5 nitrogen and oxygen atoms in total. The molecule has 0 radical (unpaired) electrons. The zero-order valence-electron chi connectivity index (χ0n) is 15.2. The molecule has 1 heterocycles. The number of nitrogens with zero attached hydrogens (tertiary/aromatic N) is 2. The van der Waals surface area contributed by atoms with Crippen LogP contribution in [0.3, 0.4) is 0 Å². The molecule has 1 saturated heterocycles. The first kappa shape index (κ1) is 18.2. The minimum absolute atomic E-state index is 0.237. The molecule has 0 aromatic heterocycles. The summed E-state index contributed by atoms with van der Waals surface area (Å²) < 4.78 is 5.90. The molecule has 3 fully saturated rings. The topological polar surface area (TPSA) is 53.0 Å². The molecular formula is C19H34N2O3. The largest absolute Gasteiger partial charge is 0.392 e. The Kier molecular flexibility index (Phi) is 6.53. The number of carbonyl (C=O) groups is 1. The summed E-state index contributed by atoms with van der Waals surface area (Å²) in [5, 5.41) is 9.88. The van der Waals surface area contributed by atoms with Crippen LogP contribution in [0.4, 0.5) is 0 Å². The van der Waals surface area contributed by atoms with Crippen LogP contribution in [0.5, 0.6) is 0 Å². The normalized spacial score (nSPS) is 30.2. The number of aliphatic hydroxyl groups is 1. The van der Waals surface area contributed by atoms with E-state index in [0.29, 0.717) is 25.7 Å². The Balaban J connectivity index is 1.63. The number of aliphatic hydroxyl groups excluding tert-OH is 1. The van der Waals surface area contributed by atoms with Crippen LogP contribution in [0.15, 0.2) is 0 Å². The summed E-state index contributed by atoms with van der Waals surface area (Å²) in [7, 11) is 0. The van der Waals surface area contributed by atoms with Gasteiger partial charge in [-0.15, -0.1) is 0 Å². The third-order valence-corrected chi connectivity index (χ3v) is 5.98. The summed E-state index contributed by atoms with van der Waals surface area (Å²) in [6, 6.07) is 0.736. The lowest BCUT2D eigenvalue weighted by molar-refractivity contribution is -0.151. The van der Waals surface area contributed by atoms with Crippen molar-refractivity contribution in [1.82, 2.24) is 9.80 Å². The van der Waals surface area contributed by atoms with Crippen molar-refractivity contribution in [3.8, 4) is 0 Å². The fourth-order valence-corrected chi connectivity index (χ4v) is 4.80. The highest BCUT2D eigenvalue weighted by molar-refractivity contribution is 5.79. The number of ether oxygens (including phenoxy) is 1. The van der Waals surface area contributed by atoms with Crippen LogP contribution >= 0.6 is 0 Å². The molecule has 0 bridgehead atoms. The fourth-order valence-electron chi connectivity index (χ4n) is 4.80. The van der Waals surface area contributed by atoms with Crippen LogP contribution < -0.4 is 0 Å². The molecule has 0 aromatic rings. The van der Waals surface area contributed by atoms with Crippen molar-refractivity contribution in [3.05, 3.63) is 0 Å². The Morgan fingerprint density at radius 1 is 1.17 bits per heavy atom. The van der Waals surface area contributed by atoms with E-state index in [1.165, 1.54) is 32.1 Å². The van der Waals surface area contributed by atoms with Crippen molar-refractivity contribution >= 4 is 5.91 Å². The molecule has 0 aromatic carbocycles. The second-order valence-corrected chi connectivity index (χ2v) is 7.92. The monoisotopic (exact) mass is 338 g/mol. The summed E-state index contributed by atoms with van der Waals surface area (Å²) in [5.41, 5.74) is 0. The standard InChI is InChI=1S/C19H34N2O3/c1-15(22)13-20(16-7-3-2-4-8-16)14-19(23)21-11-12-24-18-10-6-5-9-17(18)21/h15-18,22H,2-14H2,1H3. The number of hydrogen-bond acceptors (Lipinski definition) is 4. The van der Waals surface area contributed by atoms with Gasteiger partial charge in [0.05, 0.1) is 31.4 Å². The fraction of sp³-hybridized carbons (Fsp3) is 0.947. The van der Waals surface area contributed by atoms with E-state index in [1.807, 2.05) is 6.92 Å². The van der Waals surface area contributed by atoms with Gasteiger partial charge in [-0.3, -0.25) is 9.69 Å². The van der Waals surface area contributed by atoms with Crippen LogP contribution in [0, 0.1) is 0 Å². The van der Waals surface area contributed by atoms with E-state index in [2.05, 4.69) is 9.80 Å². The second kappa shape index (κ2) is 8.63. The molecule has 3 atom stereocenters. The Morgan fingerprint density at radius 2 is 1.88 bits per heavy atom. The van der Waals surface area contributed by atoms with Crippen LogP contribution in [0.1, 0.15) is 64.7 Å². The van der Waals surface area contributed by atoms with Crippen molar-refractivity contribution < 1.29 is 14.6 Å². The van der Waals surface area contributed by atoms with E-state index < -0.39 is 0 Å². The molecule has 24 heavy (non-hydrogen) atoms. The van der Waals surface area contributed by atoms with Crippen molar-refractivity contribution in [3.63, 3.8) is 0 Å². The maximum atomic E-state index is 13.0. The summed E-state index contributed by atoms with van der Waals surface area (Å²) in [5.74, 6) is 0.237. The number of fused-ring (bicyclic) bond motifs is 1. The molecule has 2 saturated carbocycles. The third kappa shape index (κ3) is 4.50. The SMILES string of the molecule is CC(O)CN(CC(=O)N1CCOC2CCCCC21)C1CCCCC1. The first-order chi connectivity index (χ1) is 11.6. The van der Waals surface area contributed by atoms with Gasteiger partial charge in [0.25, 0.3) is 0 Å². The highest BCUT2D eigenvalue weighted by atomic mass is 16.5. The Hall–Kier alpha value is -0.650. The van der Waals surface area contributed by atoms with Gasteiger partial charge in [0.15, 0.2) is 0 Å². The molecule has 1 N–H and O–H groups in total. The molecule has 0 spiro atoms. The summed E-state index contributed by atoms with van der Waals surface area (Å²) in [6.45, 7) is 4.29. The van der Waals surface area contributed by atoms with Crippen LogP contribution in [-0.4, -0.2) is 71.3 Å². The van der Waals surface area contributed by atoms with Gasteiger partial charge >= 0.3 is 0 Å². The second-order valence-electron chi connectivity index (χ2n) is 7.92. The minimum atomic E-state index is -0.383. The lowest BCUT2D eigenvalue weighted by Crippen LogP contribution is -2.57. The predicted molar refractivity (Wildman–Crippen MR) is 93.8 cm³/mol. The maximum Gasteiger partial charge on any atom is 0.237 e. The zero-order valence-corrected chi connectivity index (χ0v) is 15.2. The van der Waals surface area contributed by atoms with Gasteiger partial charge in [-0.25, -0.2) is 0 Å². The molecule has 1 aliphatic heterocycles. The molecule has 1 amide bonds. The number of carbonyl (C=O) groups excluding carboxylic acids is 1. The smallest absolute Gasteiger partial charge is 0.237 e. The lowest BCUT2D eigenvalue weighted by atomic mass is 9.90. The summed E-state index contributed by atoms with van der Waals surface area (Å²) >= 11 is 0. The number of amides is 1. The van der Waals surface area contributed by atoms with Gasteiger partial charge in [0.1, 0.15) is 0 Å². The average Bonchev–Trinajstić information content (AvgIpc) is 2.61. The zero-order chi connectivity index (χ0) is 16.9. The maximum absolute atomic E-state index is 13.0. The van der Waals surface area contributed by atoms with Gasteiger partial charge in [-0.1, -0.05) is 32.1 Å². The van der Waals surface area contributed by atoms with Crippen molar-refractivity contribution in [2.75, 3.05) is 26.2 Å². The lowest BCUT2D eigenvalue weighted by Gasteiger charge is -2.45. The Bertz CT molecular complexity index is 407. The van der Waals surface area contributed by atoms with Gasteiger partial charge in [0, 0.05) is 19.1 Å². The molecule has 5 heteroatoms. The molecule has 3 rings (SSSR count). The Morgan fingerprint density at radius 3 is 2.62 bits per heavy atom. The Labute approximate surface area is 146 Å². The predicted octanol–water partition coefficient (Wildman–Crippen LogP) is 2.17. The van der Waals surface area contributed by atoms with Crippen LogP contribution in [0.2, 0.25) is 0 Å². The van der Waals surface area contributed by atoms with Gasteiger partial charge < -0.3 is 14.7 Å². The molecule has 2 aliphatic carbocycles. The van der Waals surface area contributed by atoms with Gasteiger partial charge in [-0.2, -0.15) is 0 Å². The van der Waals surface area contributed by atoms with E-state index >= 15 is 0 Å². The quantitative estimate of drug-likeness (QED) is 0.835. The van der Waals surface area contributed by atoms with Crippen LogP contribution in [-0.2, 0) is 9.53 Å². The molecule has 3 unspecified atom stereocenters. The molecular weight excluding hydrogens is 304 g/mol. The number of morpholine rings is 1. The highest BCUT2D eigenvalue weighted by Crippen LogP contribution is 2.29. The number of rotatable bonds is 5. The van der Waals surface area contributed by atoms with E-state index in [4.69, 9.17) is 4.74 Å². The van der Waals surface area contributed by atoms with Gasteiger partial charge in [-0.05, 0) is 32.6 Å². The minimum Gasteiger partial charge on any atom is -0.392 e. The van der Waals surface area contributed by atoms with Crippen molar-refractivity contribution in [2.24, 2.45) is 0 Å². The van der Waals surface area contributed by atoms with E-state index in [9.17, 15) is 9.90 Å². The average molecular weight is 338 g/mol. The summed E-state index contributed by atoms with van der Waals surface area (Å²) in [4.78, 5) is 17.4. The van der Waals surface area contributed by atoms with Crippen molar-refractivity contribution in [2.45, 2.75) is 89.0 Å². The first-order valence-electron chi connectivity index (χ1n) is 9.98. The number of hydrogen-bond donors (Lipinski definition) is 1. The molecule has 3 aliphatic rings. The van der Waals surface area contributed by atoms with E-state index in [-0.39, 0.29) is 24.2 Å². The van der Waals surface area contributed by atoms with Crippen LogP contribution in [0.25, 0.3) is 0 Å². The third-order valence-electron chi connectivity index (χ3n) is 5.98. The van der Waals surface area contributed by atoms with E-state index in [1.54, 1.807) is 0 Å². The van der Waals surface area contributed by atoms with E-state index in [0.717, 1.165) is 32.2 Å². The molecule has 138 valence electrons. The van der Waals surface area contributed by atoms with Crippen molar-refractivity contribution in [1.29, 1.82) is 0 Å².